The molecule has 1 amide bonds. The Hall–Kier alpha value is -1.46. The zero-order valence-electron chi connectivity index (χ0n) is 12.4. The fourth-order valence-corrected chi connectivity index (χ4v) is 2.66. The molecule has 2 N–H and O–H groups in total. The number of ether oxygens (including phenoxy) is 1. The maximum atomic E-state index is 12.6. The third-order valence-electron chi connectivity index (χ3n) is 3.62. The van der Waals surface area contributed by atoms with Gasteiger partial charge < -0.3 is 15.4 Å². The van der Waals surface area contributed by atoms with Gasteiger partial charge in [0.25, 0.3) is 5.91 Å². The van der Waals surface area contributed by atoms with Crippen LogP contribution in [0.15, 0.2) is 24.3 Å². The van der Waals surface area contributed by atoms with Crippen LogP contribution >= 0.6 is 12.2 Å². The highest BCUT2D eigenvalue weighted by Gasteiger charge is 2.24. The molecule has 1 aromatic carbocycles. The molecule has 21 heavy (non-hydrogen) atoms. The van der Waals surface area contributed by atoms with Crippen LogP contribution in [-0.4, -0.2) is 41.6 Å². The number of likely N-dealkylation sites (tertiary alicyclic amines) is 1. The van der Waals surface area contributed by atoms with E-state index in [9.17, 15) is 4.79 Å². The average Bonchev–Trinajstić information content (AvgIpc) is 2.52. The third kappa shape index (κ3) is 4.25. The largest absolute Gasteiger partial charge is 0.389 e. The molecular formula is C16H22N2O2S. The van der Waals surface area contributed by atoms with Crippen LogP contribution < -0.4 is 5.73 Å². The predicted molar refractivity (Wildman–Crippen MR) is 87.5 cm³/mol. The molecule has 1 fully saturated rings. The van der Waals surface area contributed by atoms with E-state index >= 15 is 0 Å². The van der Waals surface area contributed by atoms with E-state index in [0.717, 1.165) is 38.0 Å². The van der Waals surface area contributed by atoms with Crippen molar-refractivity contribution in [2.24, 2.45) is 5.73 Å². The van der Waals surface area contributed by atoms with E-state index in [-0.39, 0.29) is 12.0 Å². The van der Waals surface area contributed by atoms with Gasteiger partial charge in [0.05, 0.1) is 6.10 Å². The monoisotopic (exact) mass is 306 g/mol. The van der Waals surface area contributed by atoms with Crippen LogP contribution in [0, 0.1) is 0 Å². The van der Waals surface area contributed by atoms with Gasteiger partial charge in [0, 0.05) is 30.8 Å². The lowest BCUT2D eigenvalue weighted by molar-refractivity contribution is 0.00211. The zero-order chi connectivity index (χ0) is 15.2. The molecule has 0 aliphatic carbocycles. The fraction of sp³-hybridized carbons (Fsp3) is 0.500. The number of carbonyl (C=O) groups excluding carboxylic acids is 1. The molecule has 0 bridgehead atoms. The zero-order valence-corrected chi connectivity index (χ0v) is 13.2. The van der Waals surface area contributed by atoms with Crippen molar-refractivity contribution in [2.45, 2.75) is 32.3 Å². The Morgan fingerprint density at radius 1 is 1.48 bits per heavy atom. The Morgan fingerprint density at radius 3 is 2.95 bits per heavy atom. The molecule has 1 aliphatic rings. The number of nitrogens with two attached hydrogens (primary N) is 1. The number of piperidine rings is 1. The van der Waals surface area contributed by atoms with E-state index in [2.05, 4.69) is 6.92 Å². The van der Waals surface area contributed by atoms with Gasteiger partial charge in [-0.25, -0.2) is 0 Å². The number of carbonyl (C=O) groups is 1. The minimum atomic E-state index is 0.0258. The van der Waals surface area contributed by atoms with Gasteiger partial charge in [0.2, 0.25) is 0 Å². The van der Waals surface area contributed by atoms with Gasteiger partial charge in [0.15, 0.2) is 0 Å². The summed E-state index contributed by atoms with van der Waals surface area (Å²) in [5.74, 6) is 0.0258. The standard InChI is InChI=1S/C16H22N2O2S/c1-2-9-20-14-7-4-8-18(11-14)16(19)13-6-3-5-12(10-13)15(17)21/h3,5-6,10,14H,2,4,7-9,11H2,1H3,(H2,17,21). The molecule has 114 valence electrons. The second-order valence-corrected chi connectivity index (χ2v) is 5.77. The van der Waals surface area contributed by atoms with Crippen LogP contribution in [-0.2, 0) is 4.74 Å². The minimum Gasteiger partial charge on any atom is -0.389 e. The normalized spacial score (nSPS) is 18.5. The first-order valence-corrected chi connectivity index (χ1v) is 7.83. The van der Waals surface area contributed by atoms with Crippen molar-refractivity contribution in [1.29, 1.82) is 0 Å². The second kappa shape index (κ2) is 7.52. The summed E-state index contributed by atoms with van der Waals surface area (Å²) in [5, 5.41) is 0. The van der Waals surface area contributed by atoms with Crippen LogP contribution in [0.2, 0.25) is 0 Å². The maximum Gasteiger partial charge on any atom is 0.253 e. The number of rotatable bonds is 5. The van der Waals surface area contributed by atoms with Crippen molar-refractivity contribution in [3.05, 3.63) is 35.4 Å². The first-order chi connectivity index (χ1) is 10.1. The van der Waals surface area contributed by atoms with Crippen molar-refractivity contribution in [2.75, 3.05) is 19.7 Å². The molecule has 1 heterocycles. The number of amides is 1. The van der Waals surface area contributed by atoms with Gasteiger partial charge in [-0.15, -0.1) is 0 Å². The summed E-state index contributed by atoms with van der Waals surface area (Å²) in [6.07, 6.45) is 3.16. The molecule has 0 saturated carbocycles. The molecule has 1 aliphatic heterocycles. The fourth-order valence-electron chi connectivity index (χ4n) is 2.53. The molecule has 0 aromatic heterocycles. The van der Waals surface area contributed by atoms with Crippen LogP contribution in [0.25, 0.3) is 0 Å². The summed E-state index contributed by atoms with van der Waals surface area (Å²) in [4.78, 5) is 14.8. The van der Waals surface area contributed by atoms with E-state index in [1.807, 2.05) is 17.0 Å². The highest BCUT2D eigenvalue weighted by atomic mass is 32.1. The van der Waals surface area contributed by atoms with E-state index in [1.54, 1.807) is 12.1 Å². The lowest BCUT2D eigenvalue weighted by Crippen LogP contribution is -2.43. The first-order valence-electron chi connectivity index (χ1n) is 7.42. The van der Waals surface area contributed by atoms with Gasteiger partial charge in [-0.1, -0.05) is 31.3 Å². The topological polar surface area (TPSA) is 55.6 Å². The number of nitrogens with zero attached hydrogens (tertiary/aromatic N) is 1. The molecule has 1 atom stereocenters. The van der Waals surface area contributed by atoms with Crippen molar-refractivity contribution < 1.29 is 9.53 Å². The Bertz CT molecular complexity index is 519. The minimum absolute atomic E-state index is 0.0258. The molecular weight excluding hydrogens is 284 g/mol. The van der Waals surface area contributed by atoms with Gasteiger partial charge in [-0.05, 0) is 31.4 Å². The molecule has 5 heteroatoms. The molecule has 1 saturated heterocycles. The van der Waals surface area contributed by atoms with Gasteiger partial charge in [0.1, 0.15) is 4.99 Å². The van der Waals surface area contributed by atoms with E-state index in [1.165, 1.54) is 0 Å². The van der Waals surface area contributed by atoms with Crippen molar-refractivity contribution in [1.82, 2.24) is 4.90 Å². The predicted octanol–water partition coefficient (Wildman–Crippen LogP) is 2.35. The Morgan fingerprint density at radius 2 is 2.24 bits per heavy atom. The second-order valence-electron chi connectivity index (χ2n) is 5.33. The molecule has 1 aromatic rings. The Labute approximate surface area is 131 Å². The van der Waals surface area contributed by atoms with Crippen molar-refractivity contribution in [3.63, 3.8) is 0 Å². The van der Waals surface area contributed by atoms with E-state index in [0.29, 0.717) is 17.1 Å². The van der Waals surface area contributed by atoms with Crippen LogP contribution in [0.4, 0.5) is 0 Å². The Kier molecular flexibility index (Phi) is 5.70. The molecule has 2 rings (SSSR count). The van der Waals surface area contributed by atoms with Crippen LogP contribution in [0.3, 0.4) is 0 Å². The summed E-state index contributed by atoms with van der Waals surface area (Å²) >= 11 is 4.96. The van der Waals surface area contributed by atoms with Crippen LogP contribution in [0.1, 0.15) is 42.1 Å². The van der Waals surface area contributed by atoms with E-state index < -0.39 is 0 Å². The molecule has 0 spiro atoms. The van der Waals surface area contributed by atoms with Gasteiger partial charge in [-0.2, -0.15) is 0 Å². The SMILES string of the molecule is CCCOC1CCCN(C(=O)c2cccc(C(N)=S)c2)C1. The smallest absolute Gasteiger partial charge is 0.253 e. The molecule has 1 unspecified atom stereocenters. The van der Waals surface area contributed by atoms with Crippen molar-refractivity contribution in [3.8, 4) is 0 Å². The highest BCUT2D eigenvalue weighted by molar-refractivity contribution is 7.80. The third-order valence-corrected chi connectivity index (χ3v) is 3.85. The number of benzene rings is 1. The van der Waals surface area contributed by atoms with Gasteiger partial charge >= 0.3 is 0 Å². The lowest BCUT2D eigenvalue weighted by atomic mass is 10.1. The summed E-state index contributed by atoms with van der Waals surface area (Å²) < 4.78 is 5.78. The quantitative estimate of drug-likeness (QED) is 0.849. The van der Waals surface area contributed by atoms with Gasteiger partial charge in [-0.3, -0.25) is 4.79 Å². The summed E-state index contributed by atoms with van der Waals surface area (Å²) in [6, 6.07) is 7.21. The number of hydrogen-bond donors (Lipinski definition) is 1. The average molecular weight is 306 g/mol. The summed E-state index contributed by atoms with van der Waals surface area (Å²) in [6.45, 7) is 4.29. The lowest BCUT2D eigenvalue weighted by Gasteiger charge is -2.32. The summed E-state index contributed by atoms with van der Waals surface area (Å²) in [5.41, 5.74) is 6.99. The van der Waals surface area contributed by atoms with E-state index in [4.69, 9.17) is 22.7 Å². The summed E-state index contributed by atoms with van der Waals surface area (Å²) in [7, 11) is 0. The maximum absolute atomic E-state index is 12.6. The number of thiocarbonyl (C=S) groups is 1. The molecule has 4 nitrogen and oxygen atoms in total. The van der Waals surface area contributed by atoms with Crippen LogP contribution in [0.5, 0.6) is 0 Å². The van der Waals surface area contributed by atoms with Crippen molar-refractivity contribution >= 4 is 23.1 Å². The first kappa shape index (κ1) is 15.9. The Balaban J connectivity index is 2.05. The highest BCUT2D eigenvalue weighted by Crippen LogP contribution is 2.17. The molecule has 0 radical (unpaired) electrons. The number of hydrogen-bond acceptors (Lipinski definition) is 3.